The SMILES string of the molecule is NC(=S)c1cc(Cl)ccc1F. The van der Waals surface area contributed by atoms with Crippen LogP contribution < -0.4 is 5.73 Å². The molecule has 0 aromatic heterocycles. The van der Waals surface area contributed by atoms with Crippen molar-refractivity contribution in [1.82, 2.24) is 0 Å². The molecule has 2 N–H and O–H groups in total. The van der Waals surface area contributed by atoms with Gasteiger partial charge in [0.25, 0.3) is 0 Å². The predicted molar refractivity (Wildman–Crippen MR) is 47.3 cm³/mol. The summed E-state index contributed by atoms with van der Waals surface area (Å²) in [6.45, 7) is 0. The van der Waals surface area contributed by atoms with Gasteiger partial charge in [0.15, 0.2) is 0 Å². The lowest BCUT2D eigenvalue weighted by Gasteiger charge is -1.99. The number of halogens is 2. The molecule has 0 radical (unpaired) electrons. The van der Waals surface area contributed by atoms with E-state index in [4.69, 9.17) is 17.3 Å². The second-order valence-electron chi connectivity index (χ2n) is 1.99. The minimum atomic E-state index is -0.443. The highest BCUT2D eigenvalue weighted by Crippen LogP contribution is 2.14. The van der Waals surface area contributed by atoms with Crippen molar-refractivity contribution in [2.45, 2.75) is 0 Å². The number of nitrogens with two attached hydrogens (primary N) is 1. The molecule has 0 bridgehead atoms. The van der Waals surface area contributed by atoms with E-state index in [1.165, 1.54) is 18.2 Å². The molecule has 58 valence electrons. The summed E-state index contributed by atoms with van der Waals surface area (Å²) in [5.41, 5.74) is 5.40. The molecule has 4 heteroatoms. The van der Waals surface area contributed by atoms with Crippen LogP contribution in [-0.2, 0) is 0 Å². The van der Waals surface area contributed by atoms with Crippen molar-refractivity contribution in [2.75, 3.05) is 0 Å². The van der Waals surface area contributed by atoms with E-state index in [9.17, 15) is 4.39 Å². The molecule has 1 rings (SSSR count). The maximum Gasteiger partial charge on any atom is 0.133 e. The first kappa shape index (κ1) is 8.43. The molecule has 1 nitrogen and oxygen atoms in total. The number of hydrogen-bond donors (Lipinski definition) is 1. The fourth-order valence-electron chi connectivity index (χ4n) is 0.686. The number of thiocarbonyl (C=S) groups is 1. The van der Waals surface area contributed by atoms with Gasteiger partial charge in [-0.1, -0.05) is 23.8 Å². The Hall–Kier alpha value is -0.670. The van der Waals surface area contributed by atoms with Gasteiger partial charge in [-0.2, -0.15) is 0 Å². The van der Waals surface area contributed by atoms with Crippen LogP contribution in [0.3, 0.4) is 0 Å². The second kappa shape index (κ2) is 3.15. The quantitative estimate of drug-likeness (QED) is 0.685. The molecular formula is C7H5ClFNS. The number of rotatable bonds is 1. The van der Waals surface area contributed by atoms with Gasteiger partial charge in [0.1, 0.15) is 10.8 Å². The topological polar surface area (TPSA) is 26.0 Å². The highest BCUT2D eigenvalue weighted by Gasteiger charge is 2.04. The number of hydrogen-bond acceptors (Lipinski definition) is 1. The maximum absolute atomic E-state index is 12.8. The third-order valence-electron chi connectivity index (χ3n) is 1.19. The molecule has 0 aliphatic carbocycles. The molecule has 11 heavy (non-hydrogen) atoms. The second-order valence-corrected chi connectivity index (χ2v) is 2.86. The molecule has 0 saturated heterocycles. The third kappa shape index (κ3) is 1.88. The highest BCUT2D eigenvalue weighted by atomic mass is 35.5. The first-order chi connectivity index (χ1) is 5.11. The first-order valence-electron chi connectivity index (χ1n) is 2.86. The van der Waals surface area contributed by atoms with Crippen molar-refractivity contribution in [1.29, 1.82) is 0 Å². The van der Waals surface area contributed by atoms with Crippen LogP contribution in [0.2, 0.25) is 5.02 Å². The van der Waals surface area contributed by atoms with Crippen LogP contribution in [0, 0.1) is 5.82 Å². The van der Waals surface area contributed by atoms with E-state index >= 15 is 0 Å². The number of benzene rings is 1. The zero-order valence-corrected chi connectivity index (χ0v) is 7.05. The van der Waals surface area contributed by atoms with Crippen molar-refractivity contribution >= 4 is 28.8 Å². The van der Waals surface area contributed by atoms with Gasteiger partial charge in [0.05, 0.1) is 0 Å². The summed E-state index contributed by atoms with van der Waals surface area (Å²) in [5.74, 6) is -0.443. The molecule has 0 saturated carbocycles. The van der Waals surface area contributed by atoms with Gasteiger partial charge in [0, 0.05) is 10.6 Å². The Kier molecular flexibility index (Phi) is 2.42. The molecule has 0 aliphatic heterocycles. The summed E-state index contributed by atoms with van der Waals surface area (Å²) in [4.78, 5) is 0.0185. The van der Waals surface area contributed by atoms with Gasteiger partial charge in [-0.25, -0.2) is 4.39 Å². The summed E-state index contributed by atoms with van der Waals surface area (Å²) in [6.07, 6.45) is 0. The van der Waals surface area contributed by atoms with Gasteiger partial charge >= 0.3 is 0 Å². The van der Waals surface area contributed by atoms with Crippen LogP contribution in [0.5, 0.6) is 0 Å². The van der Waals surface area contributed by atoms with Crippen molar-refractivity contribution < 1.29 is 4.39 Å². The Labute approximate surface area is 74.0 Å². The summed E-state index contributed by atoms with van der Waals surface area (Å²) in [6, 6.07) is 4.08. The van der Waals surface area contributed by atoms with Crippen LogP contribution in [0.15, 0.2) is 18.2 Å². The predicted octanol–water partition coefficient (Wildman–Crippen LogP) is 2.11. The summed E-state index contributed by atoms with van der Waals surface area (Å²) < 4.78 is 12.8. The van der Waals surface area contributed by atoms with Crippen molar-refractivity contribution in [3.05, 3.63) is 34.6 Å². The fraction of sp³-hybridized carbons (Fsp3) is 0. The average Bonchev–Trinajstić information content (AvgIpc) is 1.94. The van der Waals surface area contributed by atoms with E-state index in [1.54, 1.807) is 0 Å². The lowest BCUT2D eigenvalue weighted by molar-refractivity contribution is 0.625. The lowest BCUT2D eigenvalue weighted by atomic mass is 10.2. The van der Waals surface area contributed by atoms with Gasteiger partial charge in [-0.15, -0.1) is 0 Å². The molecule has 1 aromatic carbocycles. The van der Waals surface area contributed by atoms with Crippen molar-refractivity contribution in [3.8, 4) is 0 Å². The molecule has 0 atom stereocenters. The zero-order chi connectivity index (χ0) is 8.43. The van der Waals surface area contributed by atoms with Gasteiger partial charge in [-0.3, -0.25) is 0 Å². The highest BCUT2D eigenvalue weighted by molar-refractivity contribution is 7.80. The average molecular weight is 190 g/mol. The standard InChI is InChI=1S/C7H5ClFNS/c8-4-1-2-6(9)5(3-4)7(10)11/h1-3H,(H2,10,11). The van der Waals surface area contributed by atoms with Gasteiger partial charge < -0.3 is 5.73 Å². The Balaban J connectivity index is 3.23. The van der Waals surface area contributed by atoms with E-state index in [0.29, 0.717) is 5.02 Å². The van der Waals surface area contributed by atoms with Crippen molar-refractivity contribution in [2.24, 2.45) is 5.73 Å². The normalized spacial score (nSPS) is 9.64. The smallest absolute Gasteiger partial charge is 0.133 e. The Morgan fingerprint density at radius 3 is 2.64 bits per heavy atom. The summed E-state index contributed by atoms with van der Waals surface area (Å²) in [5, 5.41) is 0.425. The molecule has 0 heterocycles. The van der Waals surface area contributed by atoms with E-state index in [-0.39, 0.29) is 10.6 Å². The molecule has 1 aromatic rings. The summed E-state index contributed by atoms with van der Waals surface area (Å²) >= 11 is 10.2. The largest absolute Gasteiger partial charge is 0.389 e. The molecule has 0 aliphatic rings. The molecule has 0 amide bonds. The monoisotopic (exact) mass is 189 g/mol. The lowest BCUT2D eigenvalue weighted by Crippen LogP contribution is -2.11. The minimum Gasteiger partial charge on any atom is -0.389 e. The van der Waals surface area contributed by atoms with Gasteiger partial charge in [-0.05, 0) is 18.2 Å². The van der Waals surface area contributed by atoms with E-state index < -0.39 is 5.82 Å². The first-order valence-corrected chi connectivity index (χ1v) is 3.65. The van der Waals surface area contributed by atoms with Crippen LogP contribution in [0.25, 0.3) is 0 Å². The summed E-state index contributed by atoms with van der Waals surface area (Å²) in [7, 11) is 0. The van der Waals surface area contributed by atoms with Gasteiger partial charge in [0.2, 0.25) is 0 Å². The van der Waals surface area contributed by atoms with Crippen LogP contribution in [0.1, 0.15) is 5.56 Å². The Morgan fingerprint density at radius 1 is 1.55 bits per heavy atom. The van der Waals surface area contributed by atoms with Crippen molar-refractivity contribution in [3.63, 3.8) is 0 Å². The molecule has 0 fully saturated rings. The Morgan fingerprint density at radius 2 is 2.18 bits per heavy atom. The third-order valence-corrected chi connectivity index (χ3v) is 1.65. The molecular weight excluding hydrogens is 185 g/mol. The van der Waals surface area contributed by atoms with Crippen LogP contribution >= 0.6 is 23.8 Å². The molecule has 0 spiro atoms. The van der Waals surface area contributed by atoms with E-state index in [2.05, 4.69) is 12.2 Å². The maximum atomic E-state index is 12.8. The molecule has 0 unspecified atom stereocenters. The Bertz CT molecular complexity index is 300. The van der Waals surface area contributed by atoms with Crippen LogP contribution in [0.4, 0.5) is 4.39 Å². The van der Waals surface area contributed by atoms with Crippen LogP contribution in [-0.4, -0.2) is 4.99 Å². The van der Waals surface area contributed by atoms with E-state index in [1.807, 2.05) is 0 Å². The van der Waals surface area contributed by atoms with E-state index in [0.717, 1.165) is 0 Å². The zero-order valence-electron chi connectivity index (χ0n) is 5.47. The minimum absolute atomic E-state index is 0.0185. The fourth-order valence-corrected chi connectivity index (χ4v) is 1.01.